The molecule has 0 fully saturated rings. The number of nitrogens with one attached hydrogen (secondary N) is 3. The number of aromatic amines is 1. The first kappa shape index (κ1) is 18.6. The molecule has 0 aliphatic rings. The number of hydrogen-bond acceptors (Lipinski definition) is 4. The maximum Gasteiger partial charge on any atom is 0.323 e. The zero-order chi connectivity index (χ0) is 21.2. The van der Waals surface area contributed by atoms with Crippen LogP contribution in [0.5, 0.6) is 0 Å². The molecule has 0 saturated heterocycles. The van der Waals surface area contributed by atoms with Crippen LogP contribution in [0.2, 0.25) is 0 Å². The highest BCUT2D eigenvalue weighted by atomic mass is 19.1. The number of halogens is 1. The van der Waals surface area contributed by atoms with Crippen LogP contribution in [0.4, 0.5) is 20.6 Å². The van der Waals surface area contributed by atoms with Gasteiger partial charge in [0.05, 0.1) is 5.56 Å². The molecule has 0 radical (unpaired) electrons. The number of hydrogen-bond donors (Lipinski definition) is 3. The quantitative estimate of drug-likeness (QED) is 0.354. The number of carbonyl (C=O) groups excluding carboxylic acids is 1. The van der Waals surface area contributed by atoms with Crippen molar-refractivity contribution in [1.82, 2.24) is 15.2 Å². The molecule has 2 aromatic heterocycles. The van der Waals surface area contributed by atoms with Crippen molar-refractivity contribution in [2.75, 3.05) is 10.6 Å². The molecule has 5 aromatic rings. The van der Waals surface area contributed by atoms with Crippen molar-refractivity contribution >= 4 is 28.5 Å². The van der Waals surface area contributed by atoms with Crippen LogP contribution in [0.15, 0.2) is 83.4 Å². The highest BCUT2D eigenvalue weighted by molar-refractivity contribution is 5.99. The number of aromatic nitrogens is 3. The number of urea groups is 1. The third-order valence-corrected chi connectivity index (χ3v) is 4.68. The van der Waals surface area contributed by atoms with Crippen LogP contribution in [-0.2, 0) is 0 Å². The second-order valence-corrected chi connectivity index (χ2v) is 6.80. The summed E-state index contributed by atoms with van der Waals surface area (Å²) in [4.78, 5) is 16.7. The van der Waals surface area contributed by atoms with E-state index in [1.54, 1.807) is 18.3 Å². The minimum atomic E-state index is -0.425. The number of benzene rings is 3. The topological polar surface area (TPSA) is 95.8 Å². The van der Waals surface area contributed by atoms with Crippen molar-refractivity contribution in [2.45, 2.75) is 0 Å². The Labute approximate surface area is 175 Å². The van der Waals surface area contributed by atoms with Gasteiger partial charge >= 0.3 is 6.03 Å². The summed E-state index contributed by atoms with van der Waals surface area (Å²) < 4.78 is 18.8. The maximum absolute atomic E-state index is 13.0. The van der Waals surface area contributed by atoms with Crippen LogP contribution in [0.25, 0.3) is 33.8 Å². The van der Waals surface area contributed by atoms with Gasteiger partial charge in [-0.3, -0.25) is 5.10 Å². The Hall–Kier alpha value is -4.46. The second kappa shape index (κ2) is 7.75. The fraction of sp³-hybridized carbons (Fsp3) is 0. The van der Waals surface area contributed by atoms with Gasteiger partial charge in [-0.15, -0.1) is 0 Å². The van der Waals surface area contributed by atoms with E-state index in [1.807, 2.05) is 36.4 Å². The Morgan fingerprint density at radius 2 is 1.58 bits per heavy atom. The van der Waals surface area contributed by atoms with E-state index in [2.05, 4.69) is 25.8 Å². The minimum absolute atomic E-state index is 0.364. The normalized spacial score (nSPS) is 10.9. The Morgan fingerprint density at radius 1 is 0.903 bits per heavy atom. The van der Waals surface area contributed by atoms with Crippen molar-refractivity contribution in [2.24, 2.45) is 0 Å². The number of nitrogens with zero attached hydrogens (tertiary/aromatic N) is 2. The summed E-state index contributed by atoms with van der Waals surface area (Å²) in [5.41, 5.74) is 4.84. The third-order valence-electron chi connectivity index (χ3n) is 4.68. The van der Waals surface area contributed by atoms with E-state index < -0.39 is 6.03 Å². The van der Waals surface area contributed by atoms with Crippen LogP contribution >= 0.6 is 0 Å². The highest BCUT2D eigenvalue weighted by Crippen LogP contribution is 2.32. The molecule has 3 aromatic carbocycles. The van der Waals surface area contributed by atoms with Crippen molar-refractivity contribution in [3.63, 3.8) is 0 Å². The van der Waals surface area contributed by atoms with E-state index in [4.69, 9.17) is 4.42 Å². The van der Waals surface area contributed by atoms with E-state index in [-0.39, 0.29) is 5.82 Å². The summed E-state index contributed by atoms with van der Waals surface area (Å²) in [5, 5.41) is 12.6. The lowest BCUT2D eigenvalue weighted by Crippen LogP contribution is -2.19. The summed E-state index contributed by atoms with van der Waals surface area (Å²) >= 11 is 0. The Bertz CT molecular complexity index is 1320. The lowest BCUT2D eigenvalue weighted by Gasteiger charge is -2.08. The molecule has 31 heavy (non-hydrogen) atoms. The van der Waals surface area contributed by atoms with Crippen molar-refractivity contribution in [3.05, 3.63) is 84.8 Å². The molecule has 0 atom stereocenters. The monoisotopic (exact) mass is 413 g/mol. The average Bonchev–Trinajstić information content (AvgIpc) is 3.42. The number of H-pyrrole nitrogens is 1. The van der Waals surface area contributed by atoms with Crippen molar-refractivity contribution < 1.29 is 13.6 Å². The summed E-state index contributed by atoms with van der Waals surface area (Å²) in [5.74, 6) is 0.114. The van der Waals surface area contributed by atoms with E-state index in [9.17, 15) is 9.18 Å². The van der Waals surface area contributed by atoms with E-state index in [0.29, 0.717) is 28.5 Å². The zero-order valence-electron chi connectivity index (χ0n) is 16.1. The van der Waals surface area contributed by atoms with Crippen LogP contribution in [-0.4, -0.2) is 21.2 Å². The zero-order valence-corrected chi connectivity index (χ0v) is 16.1. The molecule has 8 heteroatoms. The van der Waals surface area contributed by atoms with E-state index in [0.717, 1.165) is 16.6 Å². The van der Waals surface area contributed by atoms with Crippen molar-refractivity contribution in [1.29, 1.82) is 0 Å². The molecular weight excluding hydrogens is 397 g/mol. The fourth-order valence-electron chi connectivity index (χ4n) is 3.20. The molecule has 5 rings (SSSR count). The lowest BCUT2D eigenvalue weighted by atomic mass is 10.1. The Balaban J connectivity index is 1.33. The van der Waals surface area contributed by atoms with Gasteiger partial charge in [0.2, 0.25) is 5.89 Å². The Kier molecular flexibility index (Phi) is 4.64. The number of para-hydroxylation sites is 2. The van der Waals surface area contributed by atoms with Crippen LogP contribution in [0, 0.1) is 5.82 Å². The number of carbonyl (C=O) groups is 1. The fourth-order valence-corrected chi connectivity index (χ4v) is 3.20. The molecule has 0 aliphatic heterocycles. The largest absolute Gasteiger partial charge is 0.436 e. The van der Waals surface area contributed by atoms with Gasteiger partial charge in [-0.2, -0.15) is 5.10 Å². The average molecular weight is 413 g/mol. The van der Waals surface area contributed by atoms with Gasteiger partial charge in [0.25, 0.3) is 0 Å². The summed E-state index contributed by atoms with van der Waals surface area (Å²) in [7, 11) is 0. The molecule has 0 aliphatic carbocycles. The molecular formula is C23H16FN5O2. The smallest absolute Gasteiger partial charge is 0.323 e. The first-order valence-corrected chi connectivity index (χ1v) is 9.49. The second-order valence-electron chi connectivity index (χ2n) is 6.80. The molecule has 2 heterocycles. The maximum atomic E-state index is 13.0. The lowest BCUT2D eigenvalue weighted by molar-refractivity contribution is 0.262. The predicted molar refractivity (Wildman–Crippen MR) is 116 cm³/mol. The standard InChI is InChI=1S/C23H16FN5O2/c24-15-7-11-17(12-8-15)27-23(30)26-16-9-5-14(6-10-16)21-18(13-25-29-21)22-28-19-3-1-2-4-20(19)31-22/h1-13H,(H,25,29)(H2,26,27,30). The molecule has 0 saturated carbocycles. The number of rotatable bonds is 4. The SMILES string of the molecule is O=C(Nc1ccc(F)cc1)Nc1ccc(-c2n[nH]cc2-c2nc3ccccc3o2)cc1. The predicted octanol–water partition coefficient (Wildman–Crippen LogP) is 5.67. The van der Waals surface area contributed by atoms with Gasteiger partial charge in [-0.05, 0) is 48.5 Å². The number of amides is 2. The van der Waals surface area contributed by atoms with Gasteiger partial charge in [0.1, 0.15) is 17.0 Å². The third kappa shape index (κ3) is 3.86. The molecule has 3 N–H and O–H groups in total. The number of oxazole rings is 1. The molecule has 0 unspecified atom stereocenters. The highest BCUT2D eigenvalue weighted by Gasteiger charge is 2.16. The van der Waals surface area contributed by atoms with Crippen LogP contribution in [0.1, 0.15) is 0 Å². The summed E-state index contributed by atoms with van der Waals surface area (Å²) in [6, 6.07) is 19.9. The molecule has 152 valence electrons. The molecule has 2 amide bonds. The van der Waals surface area contributed by atoms with Gasteiger partial charge in [0, 0.05) is 23.1 Å². The van der Waals surface area contributed by atoms with Crippen LogP contribution < -0.4 is 10.6 Å². The summed E-state index contributed by atoms with van der Waals surface area (Å²) in [6.45, 7) is 0. The minimum Gasteiger partial charge on any atom is -0.436 e. The first-order chi connectivity index (χ1) is 15.2. The Morgan fingerprint density at radius 3 is 2.29 bits per heavy atom. The number of anilines is 2. The van der Waals surface area contributed by atoms with Crippen molar-refractivity contribution in [3.8, 4) is 22.7 Å². The molecule has 0 bridgehead atoms. The molecule has 0 spiro atoms. The van der Waals surface area contributed by atoms with Gasteiger partial charge in [-0.1, -0.05) is 24.3 Å². The van der Waals surface area contributed by atoms with E-state index in [1.165, 1.54) is 24.3 Å². The van der Waals surface area contributed by atoms with Gasteiger partial charge in [0.15, 0.2) is 5.58 Å². The summed E-state index contributed by atoms with van der Waals surface area (Å²) in [6.07, 6.45) is 1.74. The van der Waals surface area contributed by atoms with E-state index >= 15 is 0 Å². The van der Waals surface area contributed by atoms with Gasteiger partial charge in [-0.25, -0.2) is 14.2 Å². The van der Waals surface area contributed by atoms with Gasteiger partial charge < -0.3 is 15.1 Å². The molecule has 7 nitrogen and oxygen atoms in total. The number of fused-ring (bicyclic) bond motifs is 1. The first-order valence-electron chi connectivity index (χ1n) is 9.49. The van der Waals surface area contributed by atoms with Crippen LogP contribution in [0.3, 0.4) is 0 Å².